The molecule has 1 saturated heterocycles. The zero-order chi connectivity index (χ0) is 27.4. The highest BCUT2D eigenvalue weighted by Gasteiger charge is 2.23. The van der Waals surface area contributed by atoms with Crippen molar-refractivity contribution in [2.24, 2.45) is 0 Å². The average molecular weight is 547 g/mol. The molecule has 0 radical (unpaired) electrons. The summed E-state index contributed by atoms with van der Waals surface area (Å²) in [6.45, 7) is 7.07. The standard InChI is InChI=1S/C27H30N8O3S/c1-4-28-25(36)33-26-32-22-14-18(13-20(23(22)39-26)21-7-5-6-8-29-21)19-15-30-24(31-16-19)17(2)38-27(37)35-11-9-34(3)10-12-35/h5-8,13-17H,4,9-12H2,1-3H3,(H2,28,32,33,36). The number of piperazine rings is 1. The second-order valence-corrected chi connectivity index (χ2v) is 10.2. The molecule has 1 unspecified atom stereocenters. The molecule has 39 heavy (non-hydrogen) atoms. The Kier molecular flexibility index (Phi) is 7.94. The summed E-state index contributed by atoms with van der Waals surface area (Å²) < 4.78 is 6.54. The van der Waals surface area contributed by atoms with Crippen molar-refractivity contribution in [1.82, 2.24) is 35.1 Å². The summed E-state index contributed by atoms with van der Waals surface area (Å²) in [5.41, 5.74) is 4.04. The van der Waals surface area contributed by atoms with Crippen LogP contribution in [0.3, 0.4) is 0 Å². The third-order valence-corrected chi connectivity index (χ3v) is 7.42. The molecule has 0 aliphatic carbocycles. The van der Waals surface area contributed by atoms with Crippen LogP contribution in [0.25, 0.3) is 32.6 Å². The summed E-state index contributed by atoms with van der Waals surface area (Å²) in [7, 11) is 2.04. The van der Waals surface area contributed by atoms with Crippen molar-refractivity contribution in [3.05, 3.63) is 54.7 Å². The number of benzene rings is 1. The van der Waals surface area contributed by atoms with Crippen molar-refractivity contribution in [3.8, 4) is 22.4 Å². The number of anilines is 1. The van der Waals surface area contributed by atoms with Gasteiger partial charge in [0.25, 0.3) is 0 Å². The molecular formula is C27H30N8O3S. The van der Waals surface area contributed by atoms with Crippen LogP contribution in [0, 0.1) is 0 Å². The van der Waals surface area contributed by atoms with E-state index in [-0.39, 0.29) is 12.1 Å². The van der Waals surface area contributed by atoms with Crippen molar-refractivity contribution < 1.29 is 14.3 Å². The molecule has 5 rings (SSSR count). The number of pyridine rings is 1. The lowest BCUT2D eigenvalue weighted by atomic mass is 10.0. The molecule has 1 aliphatic rings. The number of aromatic nitrogens is 4. The van der Waals surface area contributed by atoms with Gasteiger partial charge >= 0.3 is 12.1 Å². The number of carbonyl (C=O) groups is 2. The second kappa shape index (κ2) is 11.7. The normalized spacial score (nSPS) is 14.7. The lowest BCUT2D eigenvalue weighted by Gasteiger charge is -2.32. The van der Waals surface area contributed by atoms with Gasteiger partial charge in [-0.25, -0.2) is 24.5 Å². The van der Waals surface area contributed by atoms with Crippen LogP contribution in [0.5, 0.6) is 0 Å². The monoisotopic (exact) mass is 546 g/mol. The maximum atomic E-state index is 12.6. The molecule has 1 atom stereocenters. The van der Waals surface area contributed by atoms with Crippen LogP contribution < -0.4 is 10.6 Å². The molecule has 1 fully saturated rings. The first kappa shape index (κ1) is 26.4. The van der Waals surface area contributed by atoms with Crippen LogP contribution in [0.15, 0.2) is 48.9 Å². The van der Waals surface area contributed by atoms with Gasteiger partial charge in [0.2, 0.25) is 0 Å². The highest BCUT2D eigenvalue weighted by atomic mass is 32.1. The van der Waals surface area contributed by atoms with E-state index in [1.165, 1.54) is 11.3 Å². The largest absolute Gasteiger partial charge is 0.438 e. The first-order valence-corrected chi connectivity index (χ1v) is 13.6. The smallest absolute Gasteiger partial charge is 0.410 e. The van der Waals surface area contributed by atoms with E-state index in [1.807, 2.05) is 44.3 Å². The topological polar surface area (TPSA) is 125 Å². The first-order valence-electron chi connectivity index (χ1n) is 12.8. The maximum absolute atomic E-state index is 12.6. The van der Waals surface area contributed by atoms with Gasteiger partial charge in [0.15, 0.2) is 17.1 Å². The summed E-state index contributed by atoms with van der Waals surface area (Å²) in [5.74, 6) is 0.425. The number of fused-ring (bicyclic) bond motifs is 1. The van der Waals surface area contributed by atoms with E-state index < -0.39 is 6.10 Å². The summed E-state index contributed by atoms with van der Waals surface area (Å²) >= 11 is 1.39. The number of hydrogen-bond acceptors (Lipinski definition) is 9. The summed E-state index contributed by atoms with van der Waals surface area (Å²) in [5, 5.41) is 6.01. The van der Waals surface area contributed by atoms with Crippen molar-refractivity contribution in [2.75, 3.05) is 45.1 Å². The molecule has 3 amide bonds. The number of nitrogens with one attached hydrogen (secondary N) is 2. The SMILES string of the molecule is CCNC(=O)Nc1nc2cc(-c3cnc(C(C)OC(=O)N4CCN(C)CC4)nc3)cc(-c3ccccn3)c2s1. The van der Waals surface area contributed by atoms with Crippen LogP contribution in [0.4, 0.5) is 14.7 Å². The Hall–Kier alpha value is -4.16. The van der Waals surface area contributed by atoms with E-state index in [0.717, 1.165) is 45.7 Å². The van der Waals surface area contributed by atoms with Gasteiger partial charge in [-0.15, -0.1) is 0 Å². The molecule has 202 valence electrons. The summed E-state index contributed by atoms with van der Waals surface area (Å²) in [4.78, 5) is 46.7. The van der Waals surface area contributed by atoms with E-state index in [0.29, 0.717) is 30.6 Å². The Labute approximate surface area is 230 Å². The first-order chi connectivity index (χ1) is 18.9. The van der Waals surface area contributed by atoms with Crippen molar-refractivity contribution in [2.45, 2.75) is 20.0 Å². The molecule has 0 saturated carbocycles. The van der Waals surface area contributed by atoms with Crippen LogP contribution in [0.1, 0.15) is 25.8 Å². The number of urea groups is 1. The lowest BCUT2D eigenvalue weighted by molar-refractivity contribution is 0.0523. The average Bonchev–Trinajstić information content (AvgIpc) is 3.35. The molecule has 12 heteroatoms. The van der Waals surface area contributed by atoms with E-state index in [4.69, 9.17) is 4.74 Å². The zero-order valence-electron chi connectivity index (χ0n) is 22.0. The van der Waals surface area contributed by atoms with Gasteiger partial charge in [-0.05, 0) is 50.7 Å². The number of likely N-dealkylation sites (N-methyl/N-ethyl adjacent to an activating group) is 1. The van der Waals surface area contributed by atoms with E-state index in [1.54, 1.807) is 30.4 Å². The molecular weight excluding hydrogens is 516 g/mol. The minimum atomic E-state index is -0.584. The van der Waals surface area contributed by atoms with Crippen molar-refractivity contribution in [1.29, 1.82) is 0 Å². The molecule has 2 N–H and O–H groups in total. The van der Waals surface area contributed by atoms with Crippen LogP contribution in [-0.4, -0.2) is 81.6 Å². The number of carbonyl (C=O) groups excluding carboxylic acids is 2. The van der Waals surface area contributed by atoms with Gasteiger partial charge in [-0.2, -0.15) is 0 Å². The molecule has 0 spiro atoms. The van der Waals surface area contributed by atoms with Gasteiger partial charge in [-0.3, -0.25) is 10.3 Å². The maximum Gasteiger partial charge on any atom is 0.410 e. The van der Waals surface area contributed by atoms with Gasteiger partial charge in [0.1, 0.15) is 0 Å². The third-order valence-electron chi connectivity index (χ3n) is 6.40. The van der Waals surface area contributed by atoms with Crippen LogP contribution in [-0.2, 0) is 4.74 Å². The second-order valence-electron chi connectivity index (χ2n) is 9.24. The van der Waals surface area contributed by atoms with E-state index >= 15 is 0 Å². The van der Waals surface area contributed by atoms with Crippen molar-refractivity contribution >= 4 is 38.8 Å². The molecule has 3 aromatic heterocycles. The van der Waals surface area contributed by atoms with Gasteiger partial charge in [-0.1, -0.05) is 17.4 Å². The van der Waals surface area contributed by atoms with Crippen LogP contribution in [0.2, 0.25) is 0 Å². The quantitative estimate of drug-likeness (QED) is 0.365. The Balaban J connectivity index is 1.40. The van der Waals surface area contributed by atoms with Gasteiger partial charge < -0.3 is 19.9 Å². The van der Waals surface area contributed by atoms with Gasteiger partial charge in [0, 0.05) is 62.4 Å². The number of nitrogens with zero attached hydrogens (tertiary/aromatic N) is 6. The number of ether oxygens (including phenoxy) is 1. The molecule has 1 aromatic carbocycles. The number of hydrogen-bond donors (Lipinski definition) is 2. The fourth-order valence-electron chi connectivity index (χ4n) is 4.23. The highest BCUT2D eigenvalue weighted by molar-refractivity contribution is 7.22. The Morgan fingerprint density at radius 1 is 1.08 bits per heavy atom. The van der Waals surface area contributed by atoms with Gasteiger partial charge in [0.05, 0.1) is 15.9 Å². The highest BCUT2D eigenvalue weighted by Crippen LogP contribution is 2.38. The van der Waals surface area contributed by atoms with Crippen LogP contribution >= 0.6 is 11.3 Å². The molecule has 0 bridgehead atoms. The minimum absolute atomic E-state index is 0.303. The van der Waals surface area contributed by atoms with E-state index in [9.17, 15) is 9.59 Å². The molecule has 1 aliphatic heterocycles. The fraction of sp³-hybridized carbons (Fsp3) is 0.333. The van der Waals surface area contributed by atoms with E-state index in [2.05, 4.69) is 35.5 Å². The summed E-state index contributed by atoms with van der Waals surface area (Å²) in [6, 6.07) is 9.39. The molecule has 4 heterocycles. The number of thiazole rings is 1. The Morgan fingerprint density at radius 3 is 2.54 bits per heavy atom. The Bertz CT molecular complexity index is 1450. The van der Waals surface area contributed by atoms with Crippen molar-refractivity contribution in [3.63, 3.8) is 0 Å². The lowest BCUT2D eigenvalue weighted by Crippen LogP contribution is -2.47. The zero-order valence-corrected chi connectivity index (χ0v) is 22.9. The predicted molar refractivity (Wildman–Crippen MR) is 151 cm³/mol. The number of amides is 3. The third kappa shape index (κ3) is 6.13. The Morgan fingerprint density at radius 2 is 1.85 bits per heavy atom. The fourth-order valence-corrected chi connectivity index (χ4v) is 5.20. The predicted octanol–water partition coefficient (Wildman–Crippen LogP) is 4.40. The number of rotatable bonds is 6. The molecule has 4 aromatic rings. The summed E-state index contributed by atoms with van der Waals surface area (Å²) in [6.07, 6.45) is 4.23. The minimum Gasteiger partial charge on any atom is -0.438 e. The molecule has 11 nitrogen and oxygen atoms in total.